The molecular formula is C26H20F3NO6S2. The third-order valence-electron chi connectivity index (χ3n) is 6.61. The quantitative estimate of drug-likeness (QED) is 0.246. The molecule has 7 nitrogen and oxygen atoms in total. The maximum atomic E-state index is 13.0. The van der Waals surface area contributed by atoms with Crippen molar-refractivity contribution in [2.75, 3.05) is 31.2 Å². The second kappa shape index (κ2) is 9.23. The zero-order valence-corrected chi connectivity index (χ0v) is 21.3. The molecule has 1 aliphatic heterocycles. The van der Waals surface area contributed by atoms with Gasteiger partial charge in [-0.15, -0.1) is 11.3 Å². The largest absolute Gasteiger partial charge is 0.523 e. The summed E-state index contributed by atoms with van der Waals surface area (Å²) < 4.78 is 78.6. The molecular weight excluding hydrogens is 543 g/mol. The van der Waals surface area contributed by atoms with E-state index in [-0.39, 0.29) is 11.8 Å². The third kappa shape index (κ3) is 4.31. The summed E-state index contributed by atoms with van der Waals surface area (Å²) in [6.07, 6.45) is 1.61. The van der Waals surface area contributed by atoms with E-state index in [1.165, 1.54) is 23.5 Å². The number of benzene rings is 2. The highest BCUT2D eigenvalue weighted by Gasteiger charge is 2.48. The number of thiophene rings is 1. The molecule has 0 N–H and O–H groups in total. The number of para-hydroxylation sites is 1. The van der Waals surface area contributed by atoms with E-state index in [2.05, 4.69) is 4.18 Å². The van der Waals surface area contributed by atoms with Gasteiger partial charge in [-0.05, 0) is 23.1 Å². The molecule has 3 heterocycles. The summed E-state index contributed by atoms with van der Waals surface area (Å²) in [5.41, 5.74) is -3.02. The van der Waals surface area contributed by atoms with Crippen molar-refractivity contribution in [3.63, 3.8) is 0 Å². The van der Waals surface area contributed by atoms with Gasteiger partial charge in [0.05, 0.1) is 24.7 Å². The molecule has 1 atom stereocenters. The molecule has 2 aliphatic rings. The highest BCUT2D eigenvalue weighted by molar-refractivity contribution is 7.87. The van der Waals surface area contributed by atoms with Gasteiger partial charge in [-0.2, -0.15) is 21.6 Å². The predicted octanol–water partition coefficient (Wildman–Crippen LogP) is 5.32. The molecule has 1 aliphatic carbocycles. The van der Waals surface area contributed by atoms with Crippen molar-refractivity contribution in [1.82, 2.24) is 0 Å². The zero-order valence-electron chi connectivity index (χ0n) is 19.7. The molecule has 0 radical (unpaired) electrons. The smallest absolute Gasteiger partial charge is 0.440 e. The second-order valence-electron chi connectivity index (χ2n) is 8.96. The van der Waals surface area contributed by atoms with Crippen LogP contribution >= 0.6 is 11.3 Å². The normalized spacial score (nSPS) is 18.3. The van der Waals surface area contributed by atoms with Gasteiger partial charge in [-0.3, -0.25) is 8.98 Å². The molecule has 4 aromatic rings. The van der Waals surface area contributed by atoms with E-state index in [0.717, 1.165) is 20.5 Å². The van der Waals surface area contributed by atoms with E-state index in [1.54, 1.807) is 18.2 Å². The number of halogens is 3. The van der Waals surface area contributed by atoms with Crippen molar-refractivity contribution in [2.45, 2.75) is 18.0 Å². The van der Waals surface area contributed by atoms with Crippen molar-refractivity contribution in [3.8, 4) is 11.1 Å². The lowest BCUT2D eigenvalue weighted by Crippen LogP contribution is -2.36. The number of rotatable bonds is 4. The average molecular weight is 564 g/mol. The highest BCUT2D eigenvalue weighted by atomic mass is 32.2. The van der Waals surface area contributed by atoms with Crippen LogP contribution in [0.25, 0.3) is 38.3 Å². The van der Waals surface area contributed by atoms with Gasteiger partial charge < -0.3 is 14.1 Å². The zero-order chi connectivity index (χ0) is 26.7. The fourth-order valence-corrected chi connectivity index (χ4v) is 6.65. The van der Waals surface area contributed by atoms with Crippen LogP contribution in [0, 0.1) is 0 Å². The number of anilines is 1. The number of morpholine rings is 1. The van der Waals surface area contributed by atoms with Crippen LogP contribution in [-0.2, 0) is 25.5 Å². The van der Waals surface area contributed by atoms with E-state index in [9.17, 15) is 26.4 Å². The van der Waals surface area contributed by atoms with Crippen molar-refractivity contribution in [2.24, 2.45) is 0 Å². The standard InChI is InChI=1S/C26H20F3NO6S2/c27-26(28,29)38(32,33)36-15-7-8-22-20(13-15)18-5-2-4-17(25(18)37-22)16-3-1-6-19-21(31)14-23(35-24(16)19)30-9-11-34-12-10-30/h1-8,14-15H,9-13H2. The summed E-state index contributed by atoms with van der Waals surface area (Å²) in [6.45, 7) is 2.27. The van der Waals surface area contributed by atoms with Crippen molar-refractivity contribution in [3.05, 3.63) is 69.2 Å². The summed E-state index contributed by atoms with van der Waals surface area (Å²) in [7, 11) is -5.73. The van der Waals surface area contributed by atoms with E-state index in [4.69, 9.17) is 9.15 Å². The Labute approximate surface area is 218 Å². The van der Waals surface area contributed by atoms with E-state index in [0.29, 0.717) is 54.3 Å². The van der Waals surface area contributed by atoms with Crippen LogP contribution < -0.4 is 10.3 Å². The van der Waals surface area contributed by atoms with Gasteiger partial charge in [0.2, 0.25) is 0 Å². The Hall–Kier alpha value is -3.19. The van der Waals surface area contributed by atoms with Gasteiger partial charge in [0, 0.05) is 46.3 Å². The van der Waals surface area contributed by atoms with Crippen molar-refractivity contribution < 1.29 is 34.9 Å². The van der Waals surface area contributed by atoms with Gasteiger partial charge in [0.1, 0.15) is 5.58 Å². The van der Waals surface area contributed by atoms with Crippen LogP contribution in [0.1, 0.15) is 10.4 Å². The van der Waals surface area contributed by atoms with Crippen LogP contribution in [0.4, 0.5) is 19.1 Å². The first kappa shape index (κ1) is 25.1. The van der Waals surface area contributed by atoms with Crippen LogP contribution in [0.2, 0.25) is 0 Å². The Morgan fingerprint density at radius 1 is 1.03 bits per heavy atom. The number of hydrogen-bond acceptors (Lipinski definition) is 8. The predicted molar refractivity (Wildman–Crippen MR) is 139 cm³/mol. The van der Waals surface area contributed by atoms with Gasteiger partial charge in [-0.25, -0.2) is 0 Å². The molecule has 12 heteroatoms. The number of alkyl halides is 3. The molecule has 2 aromatic heterocycles. The van der Waals surface area contributed by atoms with E-state index in [1.807, 2.05) is 29.2 Å². The molecule has 0 amide bonds. The topological polar surface area (TPSA) is 86.1 Å². The van der Waals surface area contributed by atoms with Crippen molar-refractivity contribution in [1.29, 1.82) is 0 Å². The molecule has 0 spiro atoms. The lowest BCUT2D eigenvalue weighted by atomic mass is 9.96. The molecule has 0 bridgehead atoms. The number of hydrogen-bond donors (Lipinski definition) is 0. The van der Waals surface area contributed by atoms with Gasteiger partial charge >= 0.3 is 15.6 Å². The average Bonchev–Trinajstić information content (AvgIpc) is 3.26. The highest BCUT2D eigenvalue weighted by Crippen LogP contribution is 2.43. The summed E-state index contributed by atoms with van der Waals surface area (Å²) in [4.78, 5) is 15.8. The van der Waals surface area contributed by atoms with Gasteiger partial charge in [-0.1, -0.05) is 36.4 Å². The molecule has 2 aromatic carbocycles. The van der Waals surface area contributed by atoms with Gasteiger partial charge in [0.25, 0.3) is 0 Å². The van der Waals surface area contributed by atoms with Crippen LogP contribution in [0.5, 0.6) is 0 Å². The van der Waals surface area contributed by atoms with Crippen LogP contribution in [0.15, 0.2) is 57.8 Å². The lowest BCUT2D eigenvalue weighted by Gasteiger charge is -2.27. The molecule has 38 heavy (non-hydrogen) atoms. The molecule has 1 fully saturated rings. The molecule has 0 saturated carbocycles. The molecule has 1 saturated heterocycles. The van der Waals surface area contributed by atoms with Crippen LogP contribution in [-0.4, -0.2) is 46.3 Å². The summed E-state index contributed by atoms with van der Waals surface area (Å²) >= 11 is 1.43. The maximum absolute atomic E-state index is 13.0. The molecule has 198 valence electrons. The third-order valence-corrected chi connectivity index (χ3v) is 8.92. The lowest BCUT2D eigenvalue weighted by molar-refractivity contribution is -0.0559. The number of ether oxygens (including phenoxy) is 1. The minimum Gasteiger partial charge on any atom is -0.440 e. The first-order chi connectivity index (χ1) is 18.1. The van der Waals surface area contributed by atoms with Crippen molar-refractivity contribution >= 4 is 54.5 Å². The summed E-state index contributed by atoms with van der Waals surface area (Å²) in [5.74, 6) is 0.463. The summed E-state index contributed by atoms with van der Waals surface area (Å²) in [5, 5.41) is 1.21. The molecule has 1 unspecified atom stereocenters. The van der Waals surface area contributed by atoms with Crippen LogP contribution in [0.3, 0.4) is 0 Å². The van der Waals surface area contributed by atoms with E-state index >= 15 is 0 Å². The second-order valence-corrected chi connectivity index (χ2v) is 11.6. The maximum Gasteiger partial charge on any atom is 0.523 e. The Kier molecular flexibility index (Phi) is 6.10. The first-order valence-corrected chi connectivity index (χ1v) is 14.0. The summed E-state index contributed by atoms with van der Waals surface area (Å²) in [6, 6.07) is 12.4. The Bertz CT molecular complexity index is 1750. The minimum absolute atomic E-state index is 0.0314. The Balaban J connectivity index is 1.44. The number of nitrogens with zero attached hydrogens (tertiary/aromatic N) is 1. The minimum atomic E-state index is -5.73. The fourth-order valence-electron chi connectivity index (χ4n) is 4.81. The first-order valence-electron chi connectivity index (χ1n) is 11.7. The monoisotopic (exact) mass is 563 g/mol. The molecule has 6 rings (SSSR count). The number of fused-ring (bicyclic) bond motifs is 4. The van der Waals surface area contributed by atoms with E-state index < -0.39 is 21.7 Å². The van der Waals surface area contributed by atoms with Gasteiger partial charge in [0.15, 0.2) is 11.3 Å². The SMILES string of the molecule is O=c1cc(N2CCOCC2)oc2c(-c3cccc4c5c(sc34)C=CC(OS(=O)(=O)C(F)(F)F)C5)cccc12. The Morgan fingerprint density at radius 2 is 1.74 bits per heavy atom. The Morgan fingerprint density at radius 3 is 2.47 bits per heavy atom. The fraction of sp³-hybridized carbons (Fsp3) is 0.269.